The number of ether oxygens (including phenoxy) is 1. The molecule has 1 N–H and O–H groups in total. The second kappa shape index (κ2) is 7.29. The SMILES string of the molecule is COC(=O)c1ccc(Cc2ccccc2N2CCNCC2)cc1. The molecule has 0 radical (unpaired) electrons. The van der Waals surface area contributed by atoms with Crippen LogP contribution in [-0.4, -0.2) is 39.3 Å². The van der Waals surface area contributed by atoms with Crippen LogP contribution in [0.4, 0.5) is 5.69 Å². The van der Waals surface area contributed by atoms with Crippen LogP contribution in [0.1, 0.15) is 21.5 Å². The molecule has 0 aromatic heterocycles. The van der Waals surface area contributed by atoms with Gasteiger partial charge in [0.05, 0.1) is 12.7 Å². The summed E-state index contributed by atoms with van der Waals surface area (Å²) in [4.78, 5) is 13.9. The van der Waals surface area contributed by atoms with Gasteiger partial charge < -0.3 is 15.0 Å². The van der Waals surface area contributed by atoms with Crippen molar-refractivity contribution in [3.63, 3.8) is 0 Å². The van der Waals surface area contributed by atoms with E-state index in [2.05, 4.69) is 34.5 Å². The van der Waals surface area contributed by atoms with Gasteiger partial charge in [-0.1, -0.05) is 30.3 Å². The van der Waals surface area contributed by atoms with E-state index in [0.717, 1.165) is 32.6 Å². The molecule has 1 aliphatic rings. The number of benzene rings is 2. The first-order valence-electron chi connectivity index (χ1n) is 7.99. The zero-order valence-electron chi connectivity index (χ0n) is 13.4. The fourth-order valence-corrected chi connectivity index (χ4v) is 2.97. The molecule has 2 aromatic carbocycles. The number of methoxy groups -OCH3 is 1. The average Bonchev–Trinajstić information content (AvgIpc) is 2.63. The summed E-state index contributed by atoms with van der Waals surface area (Å²) in [6.45, 7) is 4.14. The quantitative estimate of drug-likeness (QED) is 0.881. The smallest absolute Gasteiger partial charge is 0.337 e. The fraction of sp³-hybridized carbons (Fsp3) is 0.316. The molecular weight excluding hydrogens is 288 g/mol. The third kappa shape index (κ3) is 3.71. The van der Waals surface area contributed by atoms with Crippen LogP contribution in [0, 0.1) is 0 Å². The van der Waals surface area contributed by atoms with Crippen molar-refractivity contribution >= 4 is 11.7 Å². The van der Waals surface area contributed by atoms with Gasteiger partial charge in [-0.25, -0.2) is 4.79 Å². The highest BCUT2D eigenvalue weighted by atomic mass is 16.5. The number of nitrogens with one attached hydrogen (secondary N) is 1. The molecule has 1 saturated heterocycles. The van der Waals surface area contributed by atoms with Crippen LogP contribution < -0.4 is 10.2 Å². The Morgan fingerprint density at radius 1 is 1.09 bits per heavy atom. The van der Waals surface area contributed by atoms with Gasteiger partial charge in [0.1, 0.15) is 0 Å². The van der Waals surface area contributed by atoms with E-state index in [1.807, 2.05) is 24.3 Å². The van der Waals surface area contributed by atoms with Gasteiger partial charge >= 0.3 is 5.97 Å². The summed E-state index contributed by atoms with van der Waals surface area (Å²) in [5, 5.41) is 3.39. The van der Waals surface area contributed by atoms with E-state index in [9.17, 15) is 4.79 Å². The molecule has 0 bridgehead atoms. The first-order chi connectivity index (χ1) is 11.3. The normalized spacial score (nSPS) is 14.6. The fourth-order valence-electron chi connectivity index (χ4n) is 2.97. The molecule has 120 valence electrons. The summed E-state index contributed by atoms with van der Waals surface area (Å²) >= 11 is 0. The van der Waals surface area contributed by atoms with Gasteiger partial charge in [0.25, 0.3) is 0 Å². The van der Waals surface area contributed by atoms with Crippen LogP contribution in [0.5, 0.6) is 0 Å². The maximum Gasteiger partial charge on any atom is 0.337 e. The highest BCUT2D eigenvalue weighted by Gasteiger charge is 2.14. The maximum absolute atomic E-state index is 11.5. The molecule has 2 aromatic rings. The Bertz CT molecular complexity index is 661. The van der Waals surface area contributed by atoms with Crippen molar-refractivity contribution in [3.8, 4) is 0 Å². The number of carbonyl (C=O) groups excluding carboxylic acids is 1. The second-order valence-electron chi connectivity index (χ2n) is 5.73. The number of hydrogen-bond donors (Lipinski definition) is 1. The Morgan fingerprint density at radius 3 is 2.48 bits per heavy atom. The highest BCUT2D eigenvalue weighted by molar-refractivity contribution is 5.89. The first kappa shape index (κ1) is 15.6. The molecule has 4 nitrogen and oxygen atoms in total. The lowest BCUT2D eigenvalue weighted by Crippen LogP contribution is -2.43. The number of para-hydroxylation sites is 1. The Morgan fingerprint density at radius 2 is 1.78 bits per heavy atom. The summed E-state index contributed by atoms with van der Waals surface area (Å²) in [6, 6.07) is 16.2. The Kier molecular flexibility index (Phi) is 4.93. The molecule has 3 rings (SSSR count). The van der Waals surface area contributed by atoms with Crippen molar-refractivity contribution in [1.29, 1.82) is 0 Å². The lowest BCUT2D eigenvalue weighted by Gasteiger charge is -2.31. The van der Waals surface area contributed by atoms with Crippen molar-refractivity contribution in [2.24, 2.45) is 0 Å². The van der Waals surface area contributed by atoms with Crippen LogP contribution in [0.3, 0.4) is 0 Å². The minimum Gasteiger partial charge on any atom is -0.465 e. The molecule has 0 spiro atoms. The standard InChI is InChI=1S/C19H22N2O2/c1-23-19(22)16-8-6-15(7-9-16)14-17-4-2-3-5-18(17)21-12-10-20-11-13-21/h2-9,20H,10-14H2,1H3. The number of piperazine rings is 1. The summed E-state index contributed by atoms with van der Waals surface area (Å²) in [5.74, 6) is -0.294. The van der Waals surface area contributed by atoms with Crippen molar-refractivity contribution in [2.75, 3.05) is 38.2 Å². The minimum absolute atomic E-state index is 0.294. The third-order valence-corrected chi connectivity index (χ3v) is 4.22. The number of nitrogens with zero attached hydrogens (tertiary/aromatic N) is 1. The largest absolute Gasteiger partial charge is 0.465 e. The molecule has 1 aliphatic heterocycles. The van der Waals surface area contributed by atoms with Gasteiger partial charge in [-0.15, -0.1) is 0 Å². The average molecular weight is 310 g/mol. The zero-order chi connectivity index (χ0) is 16.1. The third-order valence-electron chi connectivity index (χ3n) is 4.22. The van der Waals surface area contributed by atoms with Crippen LogP contribution in [0.15, 0.2) is 48.5 Å². The van der Waals surface area contributed by atoms with Gasteiger partial charge in [-0.3, -0.25) is 0 Å². The predicted molar refractivity (Wildman–Crippen MR) is 92.1 cm³/mol. The van der Waals surface area contributed by atoms with E-state index in [0.29, 0.717) is 5.56 Å². The molecule has 1 heterocycles. The summed E-state index contributed by atoms with van der Waals surface area (Å²) < 4.78 is 4.74. The summed E-state index contributed by atoms with van der Waals surface area (Å²) in [5.41, 5.74) is 4.41. The van der Waals surface area contributed by atoms with Gasteiger partial charge in [-0.2, -0.15) is 0 Å². The second-order valence-corrected chi connectivity index (χ2v) is 5.73. The monoisotopic (exact) mass is 310 g/mol. The molecular formula is C19H22N2O2. The van der Waals surface area contributed by atoms with Crippen molar-refractivity contribution < 1.29 is 9.53 Å². The minimum atomic E-state index is -0.294. The number of rotatable bonds is 4. The number of anilines is 1. The summed E-state index contributed by atoms with van der Waals surface area (Å²) in [6.07, 6.45) is 0.863. The van der Waals surface area contributed by atoms with Gasteiger partial charge in [0.15, 0.2) is 0 Å². The number of esters is 1. The summed E-state index contributed by atoms with van der Waals surface area (Å²) in [7, 11) is 1.40. The number of carbonyl (C=O) groups is 1. The van der Waals surface area contributed by atoms with E-state index in [-0.39, 0.29) is 5.97 Å². The van der Waals surface area contributed by atoms with Crippen LogP contribution in [0.2, 0.25) is 0 Å². The van der Waals surface area contributed by atoms with Crippen molar-refractivity contribution in [2.45, 2.75) is 6.42 Å². The van der Waals surface area contributed by atoms with E-state index < -0.39 is 0 Å². The van der Waals surface area contributed by atoms with E-state index >= 15 is 0 Å². The maximum atomic E-state index is 11.5. The van der Waals surface area contributed by atoms with Crippen molar-refractivity contribution in [1.82, 2.24) is 5.32 Å². The van der Waals surface area contributed by atoms with Crippen LogP contribution in [-0.2, 0) is 11.2 Å². The highest BCUT2D eigenvalue weighted by Crippen LogP contribution is 2.23. The molecule has 23 heavy (non-hydrogen) atoms. The van der Waals surface area contributed by atoms with E-state index in [1.165, 1.54) is 23.9 Å². The van der Waals surface area contributed by atoms with Crippen molar-refractivity contribution in [3.05, 3.63) is 65.2 Å². The number of hydrogen-bond acceptors (Lipinski definition) is 4. The van der Waals surface area contributed by atoms with Gasteiger partial charge in [-0.05, 0) is 35.7 Å². The lowest BCUT2D eigenvalue weighted by atomic mass is 10.0. The molecule has 0 aliphatic carbocycles. The van der Waals surface area contributed by atoms with E-state index in [1.54, 1.807) is 0 Å². The molecule has 0 unspecified atom stereocenters. The molecule has 0 saturated carbocycles. The first-order valence-corrected chi connectivity index (χ1v) is 7.99. The molecule has 1 fully saturated rings. The molecule has 0 amide bonds. The van der Waals surface area contributed by atoms with Gasteiger partial charge in [0.2, 0.25) is 0 Å². The van der Waals surface area contributed by atoms with Crippen LogP contribution in [0.25, 0.3) is 0 Å². The van der Waals surface area contributed by atoms with Gasteiger partial charge in [0, 0.05) is 31.9 Å². The zero-order valence-corrected chi connectivity index (χ0v) is 13.4. The Labute approximate surface area is 137 Å². The Balaban J connectivity index is 1.78. The predicted octanol–water partition coefficient (Wildman–Crippen LogP) is 2.47. The van der Waals surface area contributed by atoms with Crippen LogP contribution >= 0.6 is 0 Å². The molecule has 0 atom stereocenters. The molecule has 4 heteroatoms. The Hall–Kier alpha value is -2.33. The lowest BCUT2D eigenvalue weighted by molar-refractivity contribution is 0.0600. The van der Waals surface area contributed by atoms with E-state index in [4.69, 9.17) is 4.74 Å². The topological polar surface area (TPSA) is 41.6 Å².